The van der Waals surface area contributed by atoms with Gasteiger partial charge >= 0.3 is 0 Å². The van der Waals surface area contributed by atoms with Gasteiger partial charge in [-0.15, -0.1) is 0 Å². The Labute approximate surface area is 152 Å². The molecule has 0 radical (unpaired) electrons. The fourth-order valence-electron chi connectivity index (χ4n) is 7.54. The molecule has 0 aromatic carbocycles. The molecule has 0 N–H and O–H groups in total. The summed E-state index contributed by atoms with van der Waals surface area (Å²) in [5, 5.41) is 0. The molecule has 0 spiro atoms. The smallest absolute Gasteiger partial charge is 0.222 e. The van der Waals surface area contributed by atoms with Crippen LogP contribution >= 0.6 is 0 Å². The molecule has 1 amide bonds. The van der Waals surface area contributed by atoms with Gasteiger partial charge in [0, 0.05) is 24.9 Å². The van der Waals surface area contributed by atoms with Crippen molar-refractivity contribution in [2.75, 3.05) is 6.54 Å². The van der Waals surface area contributed by atoms with Crippen LogP contribution in [0, 0.1) is 29.1 Å². The molecule has 3 unspecified atom stereocenters. The van der Waals surface area contributed by atoms with Crippen molar-refractivity contribution in [3.8, 4) is 0 Å². The molecule has 6 atom stereocenters. The third-order valence-corrected chi connectivity index (χ3v) is 8.45. The van der Waals surface area contributed by atoms with Crippen LogP contribution in [0.5, 0.6) is 0 Å². The molecule has 3 aliphatic carbocycles. The van der Waals surface area contributed by atoms with Crippen molar-refractivity contribution in [2.24, 2.45) is 29.1 Å². The maximum absolute atomic E-state index is 12.5. The first-order valence-electron chi connectivity index (χ1n) is 10.4. The first-order valence-corrected chi connectivity index (χ1v) is 10.4. The molecule has 138 valence electrons. The molecule has 3 fully saturated rings. The molecule has 0 aromatic rings. The van der Waals surface area contributed by atoms with E-state index in [0.717, 1.165) is 32.2 Å². The summed E-state index contributed by atoms with van der Waals surface area (Å²) in [5.74, 6) is 3.30. The lowest BCUT2D eigenvalue weighted by Crippen LogP contribution is -2.59. The number of likely N-dealkylation sites (tertiary alicyclic amines) is 1. The second-order valence-corrected chi connectivity index (χ2v) is 9.61. The van der Waals surface area contributed by atoms with E-state index in [9.17, 15) is 9.59 Å². The summed E-state index contributed by atoms with van der Waals surface area (Å²) in [4.78, 5) is 26.7. The van der Waals surface area contributed by atoms with Gasteiger partial charge in [-0.1, -0.05) is 26.3 Å². The lowest BCUT2D eigenvalue weighted by molar-refractivity contribution is -0.142. The average molecular weight is 344 g/mol. The number of ketones is 1. The number of nitrogens with zero attached hydrogens (tertiary/aromatic N) is 1. The number of allylic oxidation sites excluding steroid dienone is 2. The van der Waals surface area contributed by atoms with Crippen LogP contribution in [0.3, 0.4) is 0 Å². The van der Waals surface area contributed by atoms with Crippen molar-refractivity contribution in [2.45, 2.75) is 78.2 Å². The van der Waals surface area contributed by atoms with E-state index in [4.69, 9.17) is 0 Å². The number of amides is 1. The minimum atomic E-state index is 0.0513. The average Bonchev–Trinajstić information content (AvgIpc) is 2.91. The van der Waals surface area contributed by atoms with Gasteiger partial charge in [0.05, 0.1) is 0 Å². The van der Waals surface area contributed by atoms with Crippen LogP contribution in [0.4, 0.5) is 0 Å². The minimum Gasteiger partial charge on any atom is -0.337 e. The Bertz CT molecular complexity index is 638. The molecule has 4 aliphatic rings. The van der Waals surface area contributed by atoms with Gasteiger partial charge in [0.15, 0.2) is 5.78 Å². The standard InChI is InChI=1S/C22H33NO2/c1-5-19(25)23-11-9-18-17-7-6-15-12-16(24)8-10-21(15,3)20(17)14(2)13-22(18,23)4/h12,14,17-18,20H,5-11,13H2,1-4H3/t14-,17?,18?,20?,21-,22-/m0/s1. The van der Waals surface area contributed by atoms with Crippen LogP contribution in [-0.2, 0) is 9.59 Å². The quantitative estimate of drug-likeness (QED) is 0.709. The fraction of sp³-hybridized carbons (Fsp3) is 0.818. The Morgan fingerprint density at radius 1 is 1.28 bits per heavy atom. The minimum absolute atomic E-state index is 0.0513. The summed E-state index contributed by atoms with van der Waals surface area (Å²) in [5.41, 5.74) is 1.69. The van der Waals surface area contributed by atoms with E-state index < -0.39 is 0 Å². The molecule has 25 heavy (non-hydrogen) atoms. The molecular weight excluding hydrogens is 310 g/mol. The molecule has 1 saturated heterocycles. The van der Waals surface area contributed by atoms with Gasteiger partial charge in [-0.3, -0.25) is 9.59 Å². The SMILES string of the molecule is CCC(=O)N1CCC2C3CCC4=CC(=O)CC[C@]4(C)C3[C@@H](C)C[C@@]21C. The van der Waals surface area contributed by atoms with Gasteiger partial charge in [0.1, 0.15) is 0 Å². The highest BCUT2D eigenvalue weighted by atomic mass is 16.2. The molecule has 3 heteroatoms. The maximum Gasteiger partial charge on any atom is 0.222 e. The number of carbonyl (C=O) groups excluding carboxylic acids is 2. The largest absolute Gasteiger partial charge is 0.337 e. The number of rotatable bonds is 1. The lowest BCUT2D eigenvalue weighted by atomic mass is 9.46. The molecule has 1 heterocycles. The number of hydrogen-bond donors (Lipinski definition) is 0. The predicted octanol–water partition coefficient (Wildman–Crippen LogP) is 4.37. The molecule has 1 aliphatic heterocycles. The van der Waals surface area contributed by atoms with Crippen molar-refractivity contribution in [1.82, 2.24) is 4.90 Å². The maximum atomic E-state index is 12.5. The number of hydrogen-bond acceptors (Lipinski definition) is 2. The highest BCUT2D eigenvalue weighted by Gasteiger charge is 2.61. The molecule has 3 nitrogen and oxygen atoms in total. The third-order valence-electron chi connectivity index (χ3n) is 8.45. The van der Waals surface area contributed by atoms with Gasteiger partial charge in [0.25, 0.3) is 0 Å². The molecule has 0 bridgehead atoms. The lowest BCUT2D eigenvalue weighted by Gasteiger charge is -2.60. The van der Waals surface area contributed by atoms with Crippen LogP contribution in [-0.4, -0.2) is 28.7 Å². The predicted molar refractivity (Wildman–Crippen MR) is 98.9 cm³/mol. The van der Waals surface area contributed by atoms with E-state index in [1.807, 2.05) is 13.0 Å². The van der Waals surface area contributed by atoms with Crippen LogP contribution in [0.1, 0.15) is 72.6 Å². The van der Waals surface area contributed by atoms with Crippen molar-refractivity contribution in [3.63, 3.8) is 0 Å². The van der Waals surface area contributed by atoms with Gasteiger partial charge < -0.3 is 4.90 Å². The first-order chi connectivity index (χ1) is 11.8. The van der Waals surface area contributed by atoms with Crippen molar-refractivity contribution in [1.29, 1.82) is 0 Å². The van der Waals surface area contributed by atoms with E-state index in [1.54, 1.807) is 0 Å². The van der Waals surface area contributed by atoms with Gasteiger partial charge in [-0.2, -0.15) is 0 Å². The van der Waals surface area contributed by atoms with Gasteiger partial charge in [-0.05, 0) is 74.2 Å². The Morgan fingerprint density at radius 3 is 2.76 bits per heavy atom. The van der Waals surface area contributed by atoms with Gasteiger partial charge in [-0.25, -0.2) is 0 Å². The molecule has 2 saturated carbocycles. The topological polar surface area (TPSA) is 37.4 Å². The van der Waals surface area contributed by atoms with E-state index in [-0.39, 0.29) is 11.0 Å². The monoisotopic (exact) mass is 343 g/mol. The molecular formula is C22H33NO2. The Balaban J connectivity index is 1.70. The fourth-order valence-corrected chi connectivity index (χ4v) is 7.54. The first kappa shape index (κ1) is 17.3. The summed E-state index contributed by atoms with van der Waals surface area (Å²) in [6, 6.07) is 0. The van der Waals surface area contributed by atoms with E-state index in [0.29, 0.717) is 41.8 Å². The van der Waals surface area contributed by atoms with Crippen molar-refractivity contribution >= 4 is 11.7 Å². The second-order valence-electron chi connectivity index (χ2n) is 9.61. The Morgan fingerprint density at radius 2 is 2.04 bits per heavy atom. The second kappa shape index (κ2) is 5.69. The zero-order valence-electron chi connectivity index (χ0n) is 16.3. The highest BCUT2D eigenvalue weighted by molar-refractivity contribution is 5.91. The van der Waals surface area contributed by atoms with E-state index in [2.05, 4.69) is 25.7 Å². The number of carbonyl (C=O) groups is 2. The Kier molecular flexibility index (Phi) is 3.94. The normalized spacial score (nSPS) is 46.2. The summed E-state index contributed by atoms with van der Waals surface area (Å²) in [6.07, 6.45) is 8.95. The van der Waals surface area contributed by atoms with Crippen molar-refractivity contribution < 1.29 is 9.59 Å². The van der Waals surface area contributed by atoms with Crippen LogP contribution < -0.4 is 0 Å². The molecule has 0 aromatic heterocycles. The van der Waals surface area contributed by atoms with E-state index in [1.165, 1.54) is 18.4 Å². The summed E-state index contributed by atoms with van der Waals surface area (Å²) >= 11 is 0. The van der Waals surface area contributed by atoms with Crippen molar-refractivity contribution in [3.05, 3.63) is 11.6 Å². The van der Waals surface area contributed by atoms with Crippen LogP contribution in [0.15, 0.2) is 11.6 Å². The zero-order valence-corrected chi connectivity index (χ0v) is 16.3. The third kappa shape index (κ3) is 2.30. The summed E-state index contributed by atoms with van der Waals surface area (Å²) in [7, 11) is 0. The zero-order chi connectivity index (χ0) is 18.0. The van der Waals surface area contributed by atoms with Gasteiger partial charge in [0.2, 0.25) is 5.91 Å². The van der Waals surface area contributed by atoms with Crippen LogP contribution in [0.2, 0.25) is 0 Å². The molecule has 4 rings (SSSR count). The van der Waals surface area contributed by atoms with Crippen LogP contribution in [0.25, 0.3) is 0 Å². The number of fused-ring (bicyclic) bond motifs is 5. The highest BCUT2D eigenvalue weighted by Crippen LogP contribution is 2.64. The Hall–Kier alpha value is -1.12. The summed E-state index contributed by atoms with van der Waals surface area (Å²) in [6.45, 7) is 10.2. The van der Waals surface area contributed by atoms with E-state index >= 15 is 0 Å². The summed E-state index contributed by atoms with van der Waals surface area (Å²) < 4.78 is 0.